The molecule has 0 aromatic heterocycles. The first-order valence-corrected chi connectivity index (χ1v) is 17.8. The molecule has 0 spiro atoms. The molecule has 4 rings (SSSR count). The third-order valence-electron chi connectivity index (χ3n) is 8.04. The summed E-state index contributed by atoms with van der Waals surface area (Å²) in [4.78, 5) is 33.8. The van der Waals surface area contributed by atoms with Crippen LogP contribution in [0, 0.1) is 35.1 Å². The second-order valence-corrected chi connectivity index (χ2v) is 16.2. The summed E-state index contributed by atoms with van der Waals surface area (Å²) >= 11 is 0. The fourth-order valence-corrected chi connectivity index (χ4v) is 5.47. The number of nitrogens with one attached hydrogen (secondary N) is 1. The molecular formula is C39H58F4N2O10. The molecule has 0 bridgehead atoms. The van der Waals surface area contributed by atoms with Gasteiger partial charge in [0.15, 0.2) is 0 Å². The van der Waals surface area contributed by atoms with Crippen LogP contribution >= 0.6 is 0 Å². The molecule has 0 aliphatic heterocycles. The highest BCUT2D eigenvalue weighted by atomic mass is 19.1. The lowest BCUT2D eigenvalue weighted by atomic mass is 9.93. The van der Waals surface area contributed by atoms with Gasteiger partial charge in [0.1, 0.15) is 40.1 Å². The van der Waals surface area contributed by atoms with E-state index in [1.165, 1.54) is 24.3 Å². The van der Waals surface area contributed by atoms with Crippen LogP contribution in [-0.2, 0) is 29.8 Å². The van der Waals surface area contributed by atoms with Gasteiger partial charge < -0.3 is 45.3 Å². The topological polar surface area (TPSA) is 187 Å². The molecule has 2 aliphatic carbocycles. The number of carbonyl (C=O) groups excluding carboxylic acids is 3. The number of ether oxygens (including phenoxy) is 4. The summed E-state index contributed by atoms with van der Waals surface area (Å²) in [5.74, 6) is -2.64. The van der Waals surface area contributed by atoms with Crippen molar-refractivity contribution in [2.75, 3.05) is 32.9 Å². The SMILES string of the molecule is CC(C)(C)OC(=O)NCC1(c2cc(F)cc(F)c2)CC1CO.CC(C)(C)OC(=O)OC(=O)OC(C)(C)C.CCO.NCC1(c2cc(F)cc(F)c2)CC1CO. The second kappa shape index (κ2) is 20.3. The van der Waals surface area contributed by atoms with Crippen LogP contribution < -0.4 is 11.1 Å². The maximum Gasteiger partial charge on any atom is 0.519 e. The summed E-state index contributed by atoms with van der Waals surface area (Å²) in [5.41, 5.74) is 3.54. The molecule has 0 heterocycles. The standard InChI is InChI=1S/C16H21F2NO3.C11H13F2NO.C10H18O5.C2H6O/c1-15(2,3)22-14(21)19-9-16(7-11(16)8-20)10-4-12(17)6-13(18)5-10;12-9-1-7(2-10(13)3-9)11(6-14)4-8(11)5-15;1-9(2,3)14-7(11)13-8(12)15-10(4,5)6;1-2-3/h4-6,11,20H,7-9H2,1-3H3,(H,19,21);1-3,8,15H,4-6,14H2;1-6H3;3H,2H2,1H3. The van der Waals surface area contributed by atoms with Crippen molar-refractivity contribution in [3.8, 4) is 0 Å². The molecule has 4 atom stereocenters. The third-order valence-corrected chi connectivity index (χ3v) is 8.04. The van der Waals surface area contributed by atoms with E-state index in [2.05, 4.69) is 10.1 Å². The van der Waals surface area contributed by atoms with Gasteiger partial charge in [-0.15, -0.1) is 0 Å². The van der Waals surface area contributed by atoms with Gasteiger partial charge in [-0.2, -0.15) is 0 Å². The third kappa shape index (κ3) is 17.1. The molecule has 55 heavy (non-hydrogen) atoms. The van der Waals surface area contributed by atoms with E-state index in [4.69, 9.17) is 30.2 Å². The first kappa shape index (κ1) is 49.0. The monoisotopic (exact) mass is 790 g/mol. The number of nitrogens with two attached hydrogens (primary N) is 1. The Labute approximate surface area is 320 Å². The Bertz CT molecular complexity index is 1510. The minimum absolute atomic E-state index is 0.00926. The van der Waals surface area contributed by atoms with E-state index in [1.54, 1.807) is 69.2 Å². The van der Waals surface area contributed by atoms with Gasteiger partial charge in [-0.3, -0.25) is 0 Å². The zero-order valence-corrected chi connectivity index (χ0v) is 33.4. The molecule has 2 fully saturated rings. The maximum atomic E-state index is 13.4. The van der Waals surface area contributed by atoms with Crippen LogP contribution in [0.2, 0.25) is 0 Å². The van der Waals surface area contributed by atoms with Crippen molar-refractivity contribution in [1.82, 2.24) is 5.32 Å². The lowest BCUT2D eigenvalue weighted by Crippen LogP contribution is -2.38. The minimum atomic E-state index is -1.06. The molecule has 12 nitrogen and oxygen atoms in total. The van der Waals surface area contributed by atoms with Gasteiger partial charge in [0, 0.05) is 55.9 Å². The van der Waals surface area contributed by atoms with Gasteiger partial charge in [-0.05, 0) is 129 Å². The zero-order valence-electron chi connectivity index (χ0n) is 33.4. The summed E-state index contributed by atoms with van der Waals surface area (Å²) in [7, 11) is 0. The highest BCUT2D eigenvalue weighted by Gasteiger charge is 2.55. The number of benzene rings is 2. The largest absolute Gasteiger partial charge is 0.519 e. The second-order valence-electron chi connectivity index (χ2n) is 16.2. The molecular weight excluding hydrogens is 732 g/mol. The molecule has 0 saturated heterocycles. The van der Waals surface area contributed by atoms with Crippen molar-refractivity contribution in [3.05, 3.63) is 70.8 Å². The number of halogens is 4. The highest BCUT2D eigenvalue weighted by Crippen LogP contribution is 2.54. The molecule has 2 aromatic carbocycles. The predicted octanol–water partition coefficient (Wildman–Crippen LogP) is 6.78. The van der Waals surface area contributed by atoms with Crippen LogP contribution in [0.15, 0.2) is 36.4 Å². The zero-order chi connectivity index (χ0) is 42.6. The van der Waals surface area contributed by atoms with Gasteiger partial charge >= 0.3 is 18.4 Å². The predicted molar refractivity (Wildman–Crippen MR) is 196 cm³/mol. The lowest BCUT2D eigenvalue weighted by Gasteiger charge is -2.23. The Hall–Kier alpha value is -3.99. The van der Waals surface area contributed by atoms with Crippen LogP contribution in [0.3, 0.4) is 0 Å². The van der Waals surface area contributed by atoms with E-state index in [1.807, 2.05) is 0 Å². The fraction of sp³-hybridized carbons (Fsp3) is 0.615. The first-order chi connectivity index (χ1) is 25.2. The minimum Gasteiger partial charge on any atom is -0.444 e. The van der Waals surface area contributed by atoms with Crippen LogP contribution in [-0.4, -0.2) is 83.4 Å². The Morgan fingerprint density at radius 3 is 1.29 bits per heavy atom. The summed E-state index contributed by atoms with van der Waals surface area (Å²) in [6.45, 7) is 17.6. The van der Waals surface area contributed by atoms with E-state index >= 15 is 0 Å². The molecule has 16 heteroatoms. The van der Waals surface area contributed by atoms with Crippen LogP contribution in [0.1, 0.15) is 93.2 Å². The average Bonchev–Trinajstić information content (AvgIpc) is 3.91. The molecule has 4 unspecified atom stereocenters. The van der Waals surface area contributed by atoms with Crippen molar-refractivity contribution in [1.29, 1.82) is 0 Å². The van der Waals surface area contributed by atoms with Gasteiger partial charge in [-0.1, -0.05) is 0 Å². The summed E-state index contributed by atoms with van der Waals surface area (Å²) in [6, 6.07) is 6.72. The molecule has 2 aromatic rings. The maximum absolute atomic E-state index is 13.4. The van der Waals surface area contributed by atoms with E-state index in [-0.39, 0.29) is 38.2 Å². The lowest BCUT2D eigenvalue weighted by molar-refractivity contribution is -0.0294. The number of alkyl carbamates (subject to hydrolysis) is 1. The first-order valence-electron chi connectivity index (χ1n) is 17.8. The normalized spacial score (nSPS) is 21.1. The number of hydrogen-bond acceptors (Lipinski definition) is 11. The summed E-state index contributed by atoms with van der Waals surface area (Å²) in [6.07, 6.45) is -1.45. The average molecular weight is 791 g/mol. The molecule has 2 saturated carbocycles. The van der Waals surface area contributed by atoms with Gasteiger partial charge in [-0.25, -0.2) is 31.9 Å². The number of amides is 1. The molecule has 312 valence electrons. The van der Waals surface area contributed by atoms with Gasteiger partial charge in [0.25, 0.3) is 0 Å². The fourth-order valence-electron chi connectivity index (χ4n) is 5.47. The smallest absolute Gasteiger partial charge is 0.444 e. The van der Waals surface area contributed by atoms with Crippen LogP contribution in [0.4, 0.5) is 31.9 Å². The Kier molecular flexibility index (Phi) is 18.1. The van der Waals surface area contributed by atoms with E-state index in [0.717, 1.165) is 12.1 Å². The quantitative estimate of drug-likeness (QED) is 0.0861. The van der Waals surface area contributed by atoms with E-state index in [0.29, 0.717) is 30.5 Å². The Morgan fingerprint density at radius 2 is 1.00 bits per heavy atom. The van der Waals surface area contributed by atoms with Crippen molar-refractivity contribution < 1.29 is 66.2 Å². The number of carbonyl (C=O) groups is 3. The summed E-state index contributed by atoms with van der Waals surface area (Å²) in [5, 5.41) is 28.6. The van der Waals surface area contributed by atoms with Crippen LogP contribution in [0.5, 0.6) is 0 Å². The number of aliphatic hydroxyl groups excluding tert-OH is 3. The number of rotatable bonds is 7. The number of hydrogen-bond donors (Lipinski definition) is 5. The van der Waals surface area contributed by atoms with Crippen molar-refractivity contribution >= 4 is 18.4 Å². The molecule has 6 N–H and O–H groups in total. The Balaban J connectivity index is 0.000000408. The van der Waals surface area contributed by atoms with Gasteiger partial charge in [0.2, 0.25) is 0 Å². The van der Waals surface area contributed by atoms with E-state index in [9.17, 15) is 37.1 Å². The number of aliphatic hydroxyl groups is 3. The van der Waals surface area contributed by atoms with Gasteiger partial charge in [0.05, 0.1) is 0 Å². The van der Waals surface area contributed by atoms with Crippen molar-refractivity contribution in [3.63, 3.8) is 0 Å². The summed E-state index contributed by atoms with van der Waals surface area (Å²) < 4.78 is 71.8. The molecule has 1 amide bonds. The van der Waals surface area contributed by atoms with Crippen molar-refractivity contribution in [2.24, 2.45) is 17.6 Å². The molecule has 2 aliphatic rings. The molecule has 0 radical (unpaired) electrons. The van der Waals surface area contributed by atoms with E-state index < -0.39 is 69.3 Å². The van der Waals surface area contributed by atoms with Crippen LogP contribution in [0.25, 0.3) is 0 Å². The Morgan fingerprint density at radius 1 is 0.673 bits per heavy atom. The highest BCUT2D eigenvalue weighted by molar-refractivity contribution is 5.77. The van der Waals surface area contributed by atoms with Crippen molar-refractivity contribution in [2.45, 2.75) is 110 Å².